The average Bonchev–Trinajstić information content (AvgIpc) is 2.61. The van der Waals surface area contributed by atoms with Gasteiger partial charge in [0.1, 0.15) is 0 Å². The summed E-state index contributed by atoms with van der Waals surface area (Å²) < 4.78 is 0. The summed E-state index contributed by atoms with van der Waals surface area (Å²) in [5, 5.41) is 22.9. The molecule has 1 unspecified atom stereocenters. The van der Waals surface area contributed by atoms with E-state index in [0.717, 1.165) is 0 Å². The summed E-state index contributed by atoms with van der Waals surface area (Å²) in [7, 11) is 0. The van der Waals surface area contributed by atoms with Crippen LogP contribution in [0.4, 0.5) is 5.69 Å². The Hall–Kier alpha value is -1.12. The van der Waals surface area contributed by atoms with Gasteiger partial charge < -0.3 is 10.8 Å². The summed E-state index contributed by atoms with van der Waals surface area (Å²) in [6.45, 7) is 1.68. The standard InChI is InChI=1S/C12H13N.C7H6NO3.K/c1-9(13)11-8-4-6-10-5-2-3-7-12(10)11;9-5-6-1-3-7(4-2-6)8(10)11;/h2-9H,13H2,1H3;1-4H,5H2;/q;-1;+1. The van der Waals surface area contributed by atoms with Gasteiger partial charge in [-0.25, -0.2) is 0 Å². The summed E-state index contributed by atoms with van der Waals surface area (Å²) in [6.07, 6.45) is 0. The predicted molar refractivity (Wildman–Crippen MR) is 93.4 cm³/mol. The third kappa shape index (κ3) is 6.27. The van der Waals surface area contributed by atoms with Crippen LogP contribution in [-0.4, -0.2) is 4.92 Å². The number of nitro groups is 1. The minimum Gasteiger partial charge on any atom is -0.851 e. The van der Waals surface area contributed by atoms with Gasteiger partial charge in [-0.2, -0.15) is 0 Å². The van der Waals surface area contributed by atoms with Crippen molar-refractivity contribution in [1.29, 1.82) is 0 Å². The van der Waals surface area contributed by atoms with Crippen LogP contribution in [0.15, 0.2) is 66.7 Å². The SMILES string of the molecule is CC(N)c1cccc2ccccc12.O=[N+]([O-])c1ccc(C[O-])cc1.[K+]. The molecule has 3 rings (SSSR count). The molecule has 0 saturated heterocycles. The zero-order valence-electron chi connectivity index (χ0n) is 14.4. The van der Waals surface area contributed by atoms with Crippen molar-refractivity contribution in [2.24, 2.45) is 5.73 Å². The molecular weight excluding hydrogens is 343 g/mol. The number of nitrogens with zero attached hydrogens (tertiary/aromatic N) is 1. The Balaban J connectivity index is 0.000000244. The normalized spacial score (nSPS) is 11.0. The van der Waals surface area contributed by atoms with Crippen LogP contribution in [-0.2, 0) is 6.61 Å². The number of benzene rings is 3. The number of hydrogen-bond acceptors (Lipinski definition) is 4. The minimum atomic E-state index is -0.491. The van der Waals surface area contributed by atoms with Crippen LogP contribution < -0.4 is 62.2 Å². The van der Waals surface area contributed by atoms with Gasteiger partial charge >= 0.3 is 51.4 Å². The first-order valence-corrected chi connectivity index (χ1v) is 7.57. The van der Waals surface area contributed by atoms with Crippen LogP contribution in [0, 0.1) is 10.1 Å². The van der Waals surface area contributed by atoms with Crippen LogP contribution in [0.25, 0.3) is 10.8 Å². The molecular formula is C19H19KN2O3. The molecule has 3 aromatic carbocycles. The fourth-order valence-corrected chi connectivity index (χ4v) is 2.36. The first-order chi connectivity index (χ1) is 11.5. The molecule has 25 heavy (non-hydrogen) atoms. The van der Waals surface area contributed by atoms with Crippen molar-refractivity contribution in [3.63, 3.8) is 0 Å². The Kier molecular flexibility index (Phi) is 9.45. The third-order valence-electron chi connectivity index (χ3n) is 3.63. The van der Waals surface area contributed by atoms with Crippen molar-refractivity contribution < 1.29 is 61.4 Å². The molecule has 0 heterocycles. The Labute approximate surface area is 189 Å². The zero-order valence-corrected chi connectivity index (χ0v) is 17.5. The van der Waals surface area contributed by atoms with Gasteiger partial charge in [0, 0.05) is 18.2 Å². The molecule has 0 fully saturated rings. The maximum Gasteiger partial charge on any atom is 1.00 e. The third-order valence-corrected chi connectivity index (χ3v) is 3.63. The number of hydrogen-bond donors (Lipinski definition) is 1. The maximum absolute atomic E-state index is 10.2. The van der Waals surface area contributed by atoms with Gasteiger partial charge in [-0.05, 0) is 23.3 Å². The first-order valence-electron chi connectivity index (χ1n) is 7.57. The second-order valence-electron chi connectivity index (χ2n) is 5.42. The van der Waals surface area contributed by atoms with Crippen molar-refractivity contribution in [3.05, 3.63) is 88.0 Å². The molecule has 1 atom stereocenters. The number of rotatable bonds is 3. The van der Waals surface area contributed by atoms with Crippen LogP contribution in [0.1, 0.15) is 24.1 Å². The number of non-ortho nitro benzene ring substituents is 1. The van der Waals surface area contributed by atoms with Crippen molar-refractivity contribution in [3.8, 4) is 0 Å². The Morgan fingerprint density at radius 2 is 1.60 bits per heavy atom. The van der Waals surface area contributed by atoms with Gasteiger partial charge in [0.15, 0.2) is 0 Å². The monoisotopic (exact) mass is 362 g/mol. The fraction of sp³-hybridized carbons (Fsp3) is 0.158. The van der Waals surface area contributed by atoms with Crippen molar-refractivity contribution in [2.45, 2.75) is 19.6 Å². The molecule has 0 aliphatic heterocycles. The average molecular weight is 362 g/mol. The number of nitro benzene ring substituents is 1. The van der Waals surface area contributed by atoms with E-state index < -0.39 is 4.92 Å². The van der Waals surface area contributed by atoms with E-state index in [0.29, 0.717) is 5.56 Å². The number of fused-ring (bicyclic) bond motifs is 1. The maximum atomic E-state index is 10.2. The summed E-state index contributed by atoms with van der Waals surface area (Å²) in [4.78, 5) is 9.64. The van der Waals surface area contributed by atoms with E-state index in [1.807, 2.05) is 19.1 Å². The van der Waals surface area contributed by atoms with E-state index >= 15 is 0 Å². The summed E-state index contributed by atoms with van der Waals surface area (Å²) in [5.74, 6) is 0. The van der Waals surface area contributed by atoms with Crippen LogP contribution >= 0.6 is 0 Å². The van der Waals surface area contributed by atoms with Gasteiger partial charge in [-0.15, -0.1) is 6.61 Å². The summed E-state index contributed by atoms with van der Waals surface area (Å²) in [5.41, 5.74) is 7.68. The van der Waals surface area contributed by atoms with Gasteiger partial charge in [0.25, 0.3) is 5.69 Å². The predicted octanol–water partition coefficient (Wildman–Crippen LogP) is 0.319. The van der Waals surface area contributed by atoms with E-state index in [1.165, 1.54) is 40.6 Å². The topological polar surface area (TPSA) is 92.2 Å². The fourth-order valence-electron chi connectivity index (χ4n) is 2.36. The Morgan fingerprint density at radius 3 is 2.16 bits per heavy atom. The van der Waals surface area contributed by atoms with Gasteiger partial charge in [-0.3, -0.25) is 10.1 Å². The molecule has 0 amide bonds. The molecule has 0 saturated carbocycles. The minimum absolute atomic E-state index is 0. The van der Waals surface area contributed by atoms with Crippen LogP contribution in [0.2, 0.25) is 0 Å². The molecule has 0 radical (unpaired) electrons. The Bertz CT molecular complexity index is 815. The van der Waals surface area contributed by atoms with E-state index in [2.05, 4.69) is 30.3 Å². The van der Waals surface area contributed by atoms with Crippen LogP contribution in [0.3, 0.4) is 0 Å². The van der Waals surface area contributed by atoms with Gasteiger partial charge in [-0.1, -0.05) is 60.2 Å². The summed E-state index contributed by atoms with van der Waals surface area (Å²) >= 11 is 0. The quantitative estimate of drug-likeness (QED) is 0.413. The molecule has 5 nitrogen and oxygen atoms in total. The molecule has 3 aromatic rings. The van der Waals surface area contributed by atoms with Gasteiger partial charge in [0.05, 0.1) is 4.92 Å². The molecule has 6 heteroatoms. The van der Waals surface area contributed by atoms with E-state index in [4.69, 9.17) is 5.73 Å². The van der Waals surface area contributed by atoms with Crippen molar-refractivity contribution >= 4 is 16.5 Å². The second kappa shape index (κ2) is 10.8. The van der Waals surface area contributed by atoms with E-state index in [9.17, 15) is 15.2 Å². The molecule has 0 aromatic heterocycles. The zero-order chi connectivity index (χ0) is 17.5. The van der Waals surface area contributed by atoms with Gasteiger partial charge in [0.2, 0.25) is 0 Å². The number of nitrogens with two attached hydrogens (primary N) is 1. The second-order valence-corrected chi connectivity index (χ2v) is 5.42. The molecule has 0 spiro atoms. The first kappa shape index (κ1) is 21.9. The van der Waals surface area contributed by atoms with Crippen molar-refractivity contribution in [1.82, 2.24) is 0 Å². The van der Waals surface area contributed by atoms with Crippen molar-refractivity contribution in [2.75, 3.05) is 0 Å². The molecule has 0 bridgehead atoms. The molecule has 124 valence electrons. The summed E-state index contributed by atoms with van der Waals surface area (Å²) in [6, 6.07) is 20.3. The largest absolute Gasteiger partial charge is 1.00 e. The van der Waals surface area contributed by atoms with Crippen LogP contribution in [0.5, 0.6) is 0 Å². The molecule has 0 aliphatic rings. The Morgan fingerprint density at radius 1 is 1.00 bits per heavy atom. The smallest absolute Gasteiger partial charge is 0.851 e. The molecule has 2 N–H and O–H groups in total. The van der Waals surface area contributed by atoms with E-state index in [1.54, 1.807) is 0 Å². The molecule has 0 aliphatic carbocycles. The van der Waals surface area contributed by atoms with E-state index in [-0.39, 0.29) is 69.7 Å².